The first kappa shape index (κ1) is 9.79. The van der Waals surface area contributed by atoms with Crippen LogP contribution in [0.3, 0.4) is 0 Å². The van der Waals surface area contributed by atoms with Crippen molar-refractivity contribution in [1.82, 2.24) is 0 Å². The van der Waals surface area contributed by atoms with Crippen LogP contribution in [0.1, 0.15) is 13.3 Å². The quantitative estimate of drug-likeness (QED) is 0.594. The SMILES string of the molecule is C=C/C=C1/C=CC(CC)C=CC1=C. The molecule has 0 spiro atoms. The highest BCUT2D eigenvalue weighted by Gasteiger charge is 2.03. The highest BCUT2D eigenvalue weighted by molar-refractivity contribution is 5.48. The van der Waals surface area contributed by atoms with Gasteiger partial charge in [0.2, 0.25) is 0 Å². The van der Waals surface area contributed by atoms with Crippen molar-refractivity contribution in [2.24, 2.45) is 5.92 Å². The minimum absolute atomic E-state index is 0.549. The van der Waals surface area contributed by atoms with Gasteiger partial charge in [0.1, 0.15) is 0 Å². The van der Waals surface area contributed by atoms with Crippen LogP contribution in [0.4, 0.5) is 0 Å². The fourth-order valence-electron chi connectivity index (χ4n) is 1.30. The summed E-state index contributed by atoms with van der Waals surface area (Å²) < 4.78 is 0. The summed E-state index contributed by atoms with van der Waals surface area (Å²) in [4.78, 5) is 0. The molecule has 0 aromatic carbocycles. The topological polar surface area (TPSA) is 0 Å². The third-order valence-corrected chi connectivity index (χ3v) is 2.21. The van der Waals surface area contributed by atoms with Gasteiger partial charge in [0.25, 0.3) is 0 Å². The summed E-state index contributed by atoms with van der Waals surface area (Å²) in [5, 5.41) is 0. The lowest BCUT2D eigenvalue weighted by atomic mass is 10.1. The van der Waals surface area contributed by atoms with Gasteiger partial charge in [0.15, 0.2) is 0 Å². The van der Waals surface area contributed by atoms with E-state index in [1.54, 1.807) is 6.08 Å². The first-order valence-corrected chi connectivity index (χ1v) is 4.66. The van der Waals surface area contributed by atoms with E-state index in [9.17, 15) is 0 Å². The summed E-state index contributed by atoms with van der Waals surface area (Å²) in [6, 6.07) is 0. The van der Waals surface area contributed by atoms with Gasteiger partial charge in [-0.3, -0.25) is 0 Å². The Morgan fingerprint density at radius 2 is 2.08 bits per heavy atom. The summed E-state index contributed by atoms with van der Waals surface area (Å²) >= 11 is 0. The predicted octanol–water partition coefficient (Wildman–Crippen LogP) is 3.81. The van der Waals surface area contributed by atoms with Crippen LogP contribution in [0.15, 0.2) is 60.8 Å². The van der Waals surface area contributed by atoms with Crippen molar-refractivity contribution in [3.8, 4) is 0 Å². The molecule has 0 saturated heterocycles. The molecule has 1 rings (SSSR count). The summed E-state index contributed by atoms with van der Waals surface area (Å²) in [7, 11) is 0. The van der Waals surface area contributed by atoms with E-state index in [-0.39, 0.29) is 0 Å². The maximum Gasteiger partial charge on any atom is -0.00495 e. The molecule has 0 aliphatic heterocycles. The molecule has 0 nitrogen and oxygen atoms in total. The predicted molar refractivity (Wildman–Crippen MR) is 59.5 cm³/mol. The monoisotopic (exact) mass is 172 g/mol. The molecule has 0 aromatic rings. The van der Waals surface area contributed by atoms with Crippen molar-refractivity contribution in [1.29, 1.82) is 0 Å². The fraction of sp³-hybridized carbons (Fsp3) is 0.231. The van der Waals surface area contributed by atoms with Gasteiger partial charge in [-0.25, -0.2) is 0 Å². The fourth-order valence-corrected chi connectivity index (χ4v) is 1.30. The van der Waals surface area contributed by atoms with Gasteiger partial charge in [-0.1, -0.05) is 56.5 Å². The first-order chi connectivity index (χ1) is 6.27. The zero-order valence-electron chi connectivity index (χ0n) is 8.16. The number of hydrogen-bond acceptors (Lipinski definition) is 0. The van der Waals surface area contributed by atoms with E-state index in [1.807, 2.05) is 6.08 Å². The van der Waals surface area contributed by atoms with Gasteiger partial charge in [-0.2, -0.15) is 0 Å². The molecule has 1 unspecified atom stereocenters. The van der Waals surface area contributed by atoms with Crippen molar-refractivity contribution in [2.45, 2.75) is 13.3 Å². The molecule has 0 bridgehead atoms. The third kappa shape index (κ3) is 2.59. The first-order valence-electron chi connectivity index (χ1n) is 4.66. The Morgan fingerprint density at radius 1 is 1.38 bits per heavy atom. The van der Waals surface area contributed by atoms with Gasteiger partial charge in [0, 0.05) is 0 Å². The molecule has 0 heterocycles. The molecular weight excluding hydrogens is 156 g/mol. The van der Waals surface area contributed by atoms with Crippen LogP contribution in [0.2, 0.25) is 0 Å². The lowest BCUT2D eigenvalue weighted by Crippen LogP contribution is -1.85. The Balaban J connectivity index is 2.92. The molecule has 0 amide bonds. The second-order valence-electron chi connectivity index (χ2n) is 3.17. The van der Waals surface area contributed by atoms with E-state index in [1.165, 1.54) is 0 Å². The van der Waals surface area contributed by atoms with E-state index in [0.717, 1.165) is 17.6 Å². The molecule has 13 heavy (non-hydrogen) atoms. The highest BCUT2D eigenvalue weighted by Crippen LogP contribution is 2.19. The van der Waals surface area contributed by atoms with Gasteiger partial charge < -0.3 is 0 Å². The molecule has 0 radical (unpaired) electrons. The molecule has 0 fully saturated rings. The summed E-state index contributed by atoms with van der Waals surface area (Å²) in [6.07, 6.45) is 13.5. The number of hydrogen-bond donors (Lipinski definition) is 0. The van der Waals surface area contributed by atoms with Crippen molar-refractivity contribution in [3.63, 3.8) is 0 Å². The average Bonchev–Trinajstić information content (AvgIpc) is 2.31. The Bertz CT molecular complexity index is 287. The second kappa shape index (κ2) is 4.66. The van der Waals surface area contributed by atoms with Crippen molar-refractivity contribution < 1.29 is 0 Å². The van der Waals surface area contributed by atoms with Crippen LogP contribution >= 0.6 is 0 Å². The van der Waals surface area contributed by atoms with Crippen LogP contribution in [-0.4, -0.2) is 0 Å². The maximum atomic E-state index is 3.99. The lowest BCUT2D eigenvalue weighted by molar-refractivity contribution is 0.775. The highest BCUT2D eigenvalue weighted by atomic mass is 14.1. The molecule has 68 valence electrons. The molecule has 1 atom stereocenters. The zero-order valence-corrected chi connectivity index (χ0v) is 8.16. The molecule has 0 N–H and O–H groups in total. The van der Waals surface area contributed by atoms with Crippen molar-refractivity contribution >= 4 is 0 Å². The van der Waals surface area contributed by atoms with Gasteiger partial charge in [-0.15, -0.1) is 0 Å². The summed E-state index contributed by atoms with van der Waals surface area (Å²) in [5.41, 5.74) is 2.22. The molecule has 0 saturated carbocycles. The standard InChI is InChI=1S/C13H16/c1-4-6-13-10-9-12(5-2)8-7-11(13)3/h4,6-10,12H,1,3,5H2,2H3/b13-6-. The normalized spacial score (nSPS) is 24.8. The van der Waals surface area contributed by atoms with Crippen LogP contribution in [0.5, 0.6) is 0 Å². The smallest absolute Gasteiger partial charge is 0.00495 e. The summed E-state index contributed by atoms with van der Waals surface area (Å²) in [6.45, 7) is 9.86. The lowest BCUT2D eigenvalue weighted by Gasteiger charge is -1.98. The van der Waals surface area contributed by atoms with Gasteiger partial charge >= 0.3 is 0 Å². The van der Waals surface area contributed by atoms with Crippen molar-refractivity contribution in [2.75, 3.05) is 0 Å². The Hall–Kier alpha value is -1.30. The Labute approximate surface area is 80.7 Å². The molecule has 0 aromatic heterocycles. The minimum Gasteiger partial charge on any atom is -0.0990 e. The van der Waals surface area contributed by atoms with Crippen molar-refractivity contribution in [3.05, 3.63) is 60.8 Å². The van der Waals surface area contributed by atoms with E-state index in [4.69, 9.17) is 0 Å². The molecule has 0 heteroatoms. The Morgan fingerprint density at radius 3 is 2.69 bits per heavy atom. The third-order valence-electron chi connectivity index (χ3n) is 2.21. The van der Waals surface area contributed by atoms with Gasteiger partial charge in [-0.05, 0) is 23.5 Å². The van der Waals surface area contributed by atoms with Crippen LogP contribution in [0, 0.1) is 5.92 Å². The summed E-state index contributed by atoms with van der Waals surface area (Å²) in [5.74, 6) is 0.549. The largest absolute Gasteiger partial charge is 0.0990 e. The Kier molecular flexibility index (Phi) is 3.51. The second-order valence-corrected chi connectivity index (χ2v) is 3.17. The van der Waals surface area contributed by atoms with E-state index >= 15 is 0 Å². The van der Waals surface area contributed by atoms with Gasteiger partial charge in [0.05, 0.1) is 0 Å². The van der Waals surface area contributed by atoms with Crippen LogP contribution in [0.25, 0.3) is 0 Å². The van der Waals surface area contributed by atoms with Crippen LogP contribution in [-0.2, 0) is 0 Å². The number of rotatable bonds is 2. The maximum absolute atomic E-state index is 3.99. The molecule has 1 aliphatic rings. The number of allylic oxidation sites excluding steroid dienone is 8. The molecule has 1 aliphatic carbocycles. The van der Waals surface area contributed by atoms with Crippen LogP contribution < -0.4 is 0 Å². The molecular formula is C13H16. The average molecular weight is 172 g/mol. The zero-order chi connectivity index (χ0) is 9.68. The minimum atomic E-state index is 0.549. The van der Waals surface area contributed by atoms with E-state index < -0.39 is 0 Å². The van der Waals surface area contributed by atoms with E-state index in [2.05, 4.69) is 44.4 Å². The van der Waals surface area contributed by atoms with E-state index in [0.29, 0.717) is 5.92 Å².